The summed E-state index contributed by atoms with van der Waals surface area (Å²) in [6.07, 6.45) is 0. The zero-order valence-electron chi connectivity index (χ0n) is 9.90. The number of ketones is 1. The maximum absolute atomic E-state index is 12.4. The molecule has 0 aliphatic heterocycles. The first-order valence-electron chi connectivity index (χ1n) is 5.17. The Kier molecular flexibility index (Phi) is 4.04. The smallest absolute Gasteiger partial charge is 0.210 e. The number of carbonyl (C=O) groups is 1. The van der Waals surface area contributed by atoms with Crippen LogP contribution in [0.3, 0.4) is 0 Å². The van der Waals surface area contributed by atoms with E-state index < -0.39 is 0 Å². The van der Waals surface area contributed by atoms with Crippen LogP contribution < -0.4 is 9.47 Å². The van der Waals surface area contributed by atoms with Crippen LogP contribution in [-0.2, 0) is 0 Å². The Bertz CT molecular complexity index is 577. The zero-order valence-corrected chi connectivity index (χ0v) is 12.3. The minimum absolute atomic E-state index is 0.0915. The van der Waals surface area contributed by atoms with Gasteiger partial charge in [-0.3, -0.25) is 4.79 Å². The molecule has 1 heterocycles. The van der Waals surface area contributed by atoms with Gasteiger partial charge in [0, 0.05) is 4.47 Å². The molecular weight excluding hydrogens is 316 g/mol. The van der Waals surface area contributed by atoms with E-state index in [0.717, 1.165) is 4.47 Å². The minimum Gasteiger partial charge on any atom is -0.496 e. The average molecular weight is 327 g/mol. The summed E-state index contributed by atoms with van der Waals surface area (Å²) in [5.41, 5.74) is 0.529. The van der Waals surface area contributed by atoms with Crippen LogP contribution in [0, 0.1) is 0 Å². The van der Waals surface area contributed by atoms with E-state index in [1.165, 1.54) is 11.3 Å². The molecule has 0 aliphatic rings. The molecule has 1 aromatic carbocycles. The number of hydrogen-bond acceptors (Lipinski definition) is 4. The maximum atomic E-state index is 12.4. The van der Waals surface area contributed by atoms with Crippen LogP contribution in [0.2, 0.25) is 0 Å². The van der Waals surface area contributed by atoms with Crippen LogP contribution in [0.1, 0.15) is 15.2 Å². The standard InChI is InChI=1S/C13H11BrO3S/c1-16-10-5-6-18-13(10)12(15)9-4-3-8(14)7-11(9)17-2/h3-7H,1-2H3. The van der Waals surface area contributed by atoms with Crippen molar-refractivity contribution in [3.05, 3.63) is 44.6 Å². The summed E-state index contributed by atoms with van der Waals surface area (Å²) in [4.78, 5) is 13.0. The molecule has 0 unspecified atom stereocenters. The number of hydrogen-bond donors (Lipinski definition) is 0. The summed E-state index contributed by atoms with van der Waals surface area (Å²) in [7, 11) is 3.10. The number of rotatable bonds is 4. The highest BCUT2D eigenvalue weighted by Gasteiger charge is 2.19. The molecule has 18 heavy (non-hydrogen) atoms. The molecule has 0 aliphatic carbocycles. The highest BCUT2D eigenvalue weighted by Crippen LogP contribution is 2.31. The molecule has 0 N–H and O–H groups in total. The van der Waals surface area contributed by atoms with E-state index in [4.69, 9.17) is 9.47 Å². The molecule has 94 valence electrons. The Hall–Kier alpha value is -1.33. The van der Waals surface area contributed by atoms with Gasteiger partial charge in [0.05, 0.1) is 19.8 Å². The van der Waals surface area contributed by atoms with Gasteiger partial charge in [-0.25, -0.2) is 0 Å². The average Bonchev–Trinajstić information content (AvgIpc) is 2.86. The van der Waals surface area contributed by atoms with E-state index in [0.29, 0.717) is 21.9 Å². The van der Waals surface area contributed by atoms with Crippen molar-refractivity contribution in [3.63, 3.8) is 0 Å². The second kappa shape index (κ2) is 5.54. The van der Waals surface area contributed by atoms with Gasteiger partial charge < -0.3 is 9.47 Å². The molecule has 0 radical (unpaired) electrons. The lowest BCUT2D eigenvalue weighted by atomic mass is 10.1. The van der Waals surface area contributed by atoms with Crippen molar-refractivity contribution in [2.24, 2.45) is 0 Å². The Morgan fingerprint density at radius 3 is 2.56 bits per heavy atom. The van der Waals surface area contributed by atoms with E-state index in [1.807, 2.05) is 11.4 Å². The summed E-state index contributed by atoms with van der Waals surface area (Å²) in [6, 6.07) is 7.11. The molecule has 5 heteroatoms. The van der Waals surface area contributed by atoms with Gasteiger partial charge in [-0.2, -0.15) is 0 Å². The molecule has 1 aromatic heterocycles. The monoisotopic (exact) mass is 326 g/mol. The number of halogens is 1. The molecular formula is C13H11BrO3S. The molecule has 3 nitrogen and oxygen atoms in total. The van der Waals surface area contributed by atoms with Crippen LogP contribution in [0.25, 0.3) is 0 Å². The van der Waals surface area contributed by atoms with Crippen molar-refractivity contribution in [2.75, 3.05) is 14.2 Å². The van der Waals surface area contributed by atoms with Crippen LogP contribution in [0.4, 0.5) is 0 Å². The lowest BCUT2D eigenvalue weighted by molar-refractivity contribution is 0.103. The predicted molar refractivity (Wildman–Crippen MR) is 75.0 cm³/mol. The molecule has 0 atom stereocenters. The van der Waals surface area contributed by atoms with Gasteiger partial charge in [-0.05, 0) is 29.6 Å². The summed E-state index contributed by atoms with van der Waals surface area (Å²) in [5.74, 6) is 1.05. The van der Waals surface area contributed by atoms with Gasteiger partial charge in [0.1, 0.15) is 16.4 Å². The van der Waals surface area contributed by atoms with Crippen molar-refractivity contribution in [3.8, 4) is 11.5 Å². The van der Waals surface area contributed by atoms with Gasteiger partial charge in [0.25, 0.3) is 0 Å². The Morgan fingerprint density at radius 2 is 1.89 bits per heavy atom. The molecule has 2 aromatic rings. The van der Waals surface area contributed by atoms with Crippen molar-refractivity contribution in [1.82, 2.24) is 0 Å². The quantitative estimate of drug-likeness (QED) is 0.802. The van der Waals surface area contributed by atoms with Crippen molar-refractivity contribution in [2.45, 2.75) is 0 Å². The number of methoxy groups -OCH3 is 2. The normalized spacial score (nSPS) is 10.2. The van der Waals surface area contributed by atoms with Crippen LogP contribution in [0.15, 0.2) is 34.1 Å². The Labute approximate surface area is 117 Å². The molecule has 0 saturated heterocycles. The van der Waals surface area contributed by atoms with Crippen molar-refractivity contribution >= 4 is 33.0 Å². The summed E-state index contributed by atoms with van der Waals surface area (Å²) in [6.45, 7) is 0. The number of benzene rings is 1. The van der Waals surface area contributed by atoms with E-state index in [2.05, 4.69) is 15.9 Å². The van der Waals surface area contributed by atoms with Crippen LogP contribution in [0.5, 0.6) is 11.5 Å². The summed E-state index contributed by atoms with van der Waals surface area (Å²) in [5, 5.41) is 1.83. The van der Waals surface area contributed by atoms with Crippen molar-refractivity contribution < 1.29 is 14.3 Å². The fraction of sp³-hybridized carbons (Fsp3) is 0.154. The highest BCUT2D eigenvalue weighted by molar-refractivity contribution is 9.10. The van der Waals surface area contributed by atoms with Gasteiger partial charge in [-0.1, -0.05) is 15.9 Å². The molecule has 0 saturated carbocycles. The van der Waals surface area contributed by atoms with Crippen LogP contribution >= 0.6 is 27.3 Å². The van der Waals surface area contributed by atoms with E-state index in [1.54, 1.807) is 32.4 Å². The second-order valence-electron chi connectivity index (χ2n) is 3.49. The Balaban J connectivity index is 2.46. The minimum atomic E-state index is -0.0915. The predicted octanol–water partition coefficient (Wildman–Crippen LogP) is 3.76. The first-order valence-corrected chi connectivity index (χ1v) is 6.84. The largest absolute Gasteiger partial charge is 0.496 e. The molecule has 0 bridgehead atoms. The molecule has 0 spiro atoms. The Morgan fingerprint density at radius 1 is 1.17 bits per heavy atom. The van der Waals surface area contributed by atoms with Crippen molar-refractivity contribution in [1.29, 1.82) is 0 Å². The van der Waals surface area contributed by atoms with Gasteiger partial charge in [0.2, 0.25) is 5.78 Å². The highest BCUT2D eigenvalue weighted by atomic mass is 79.9. The molecule has 0 amide bonds. The number of ether oxygens (including phenoxy) is 2. The molecule has 2 rings (SSSR count). The third kappa shape index (κ3) is 2.42. The maximum Gasteiger partial charge on any atom is 0.210 e. The lowest BCUT2D eigenvalue weighted by Gasteiger charge is -2.08. The summed E-state index contributed by atoms with van der Waals surface area (Å²) < 4.78 is 11.3. The molecule has 0 fully saturated rings. The summed E-state index contributed by atoms with van der Waals surface area (Å²) >= 11 is 4.71. The fourth-order valence-electron chi connectivity index (χ4n) is 1.60. The first kappa shape index (κ1) is 13.1. The van der Waals surface area contributed by atoms with Gasteiger partial charge in [0.15, 0.2) is 0 Å². The van der Waals surface area contributed by atoms with Gasteiger partial charge >= 0.3 is 0 Å². The topological polar surface area (TPSA) is 35.5 Å². The van der Waals surface area contributed by atoms with Crippen LogP contribution in [-0.4, -0.2) is 20.0 Å². The van der Waals surface area contributed by atoms with Gasteiger partial charge in [-0.15, -0.1) is 11.3 Å². The zero-order chi connectivity index (χ0) is 13.1. The lowest BCUT2D eigenvalue weighted by Crippen LogP contribution is -2.03. The SMILES string of the molecule is COc1cc(Br)ccc1C(=O)c1sccc1OC. The third-order valence-corrected chi connectivity index (χ3v) is 3.85. The first-order chi connectivity index (χ1) is 8.67. The van der Waals surface area contributed by atoms with E-state index in [9.17, 15) is 4.79 Å². The third-order valence-electron chi connectivity index (χ3n) is 2.46. The number of carbonyl (C=O) groups excluding carboxylic acids is 1. The second-order valence-corrected chi connectivity index (χ2v) is 5.32. The van der Waals surface area contributed by atoms with E-state index in [-0.39, 0.29) is 5.78 Å². The fourth-order valence-corrected chi connectivity index (χ4v) is 2.75. The number of thiophene rings is 1. The van der Waals surface area contributed by atoms with E-state index >= 15 is 0 Å².